The molecule has 0 fully saturated rings. The van der Waals surface area contributed by atoms with Crippen molar-refractivity contribution in [2.75, 3.05) is 5.32 Å². The van der Waals surface area contributed by atoms with E-state index in [1.807, 2.05) is 30.5 Å². The molecule has 18 heavy (non-hydrogen) atoms. The molecule has 6 heteroatoms. The molecule has 3 rings (SSSR count). The van der Waals surface area contributed by atoms with Crippen LogP contribution in [0.25, 0.3) is 10.9 Å². The van der Waals surface area contributed by atoms with Crippen LogP contribution >= 0.6 is 11.6 Å². The second-order valence-corrected chi connectivity index (χ2v) is 4.08. The van der Waals surface area contributed by atoms with Crippen molar-refractivity contribution in [3.8, 4) is 0 Å². The summed E-state index contributed by atoms with van der Waals surface area (Å²) >= 11 is 5.63. The zero-order valence-corrected chi connectivity index (χ0v) is 9.87. The number of fused-ring (bicyclic) bond motifs is 1. The van der Waals surface area contributed by atoms with Crippen LogP contribution in [0, 0.1) is 5.82 Å². The number of aromatic nitrogens is 3. The van der Waals surface area contributed by atoms with Gasteiger partial charge in [-0.15, -0.1) is 0 Å². The summed E-state index contributed by atoms with van der Waals surface area (Å²) in [6.45, 7) is 0. The van der Waals surface area contributed by atoms with Gasteiger partial charge in [-0.1, -0.05) is 0 Å². The Bertz CT molecular complexity index is 710. The van der Waals surface area contributed by atoms with Gasteiger partial charge in [-0.25, -0.2) is 9.37 Å². The lowest BCUT2D eigenvalue weighted by molar-refractivity contribution is 0.619. The zero-order valence-electron chi connectivity index (χ0n) is 9.11. The number of halogens is 2. The second kappa shape index (κ2) is 4.27. The summed E-state index contributed by atoms with van der Waals surface area (Å²) in [5.74, 6) is -0.488. The first-order valence-corrected chi connectivity index (χ1v) is 5.62. The number of hydrogen-bond acceptors (Lipinski definition) is 3. The van der Waals surface area contributed by atoms with Gasteiger partial charge in [-0.3, -0.25) is 0 Å². The standard InChI is InChI=1S/C12H8ClFN4/c13-12-16-6-9(14)11(18-12)17-8-1-2-10-7(5-8)3-4-15-10/h1-6,15H,(H,16,17,18). The first-order valence-electron chi connectivity index (χ1n) is 5.24. The molecule has 0 bridgehead atoms. The molecule has 0 saturated carbocycles. The van der Waals surface area contributed by atoms with E-state index in [-0.39, 0.29) is 11.1 Å². The maximum Gasteiger partial charge on any atom is 0.224 e. The summed E-state index contributed by atoms with van der Waals surface area (Å²) in [6, 6.07) is 7.55. The Hall–Kier alpha value is -2.14. The van der Waals surface area contributed by atoms with E-state index in [1.54, 1.807) is 0 Å². The van der Waals surface area contributed by atoms with Gasteiger partial charge in [0.1, 0.15) is 0 Å². The number of benzene rings is 1. The Morgan fingerprint density at radius 1 is 1.28 bits per heavy atom. The number of anilines is 2. The number of nitrogens with zero attached hydrogens (tertiary/aromatic N) is 2. The quantitative estimate of drug-likeness (QED) is 0.695. The second-order valence-electron chi connectivity index (χ2n) is 3.74. The van der Waals surface area contributed by atoms with Gasteiger partial charge in [0.2, 0.25) is 5.28 Å². The van der Waals surface area contributed by atoms with Crippen molar-refractivity contribution in [2.45, 2.75) is 0 Å². The lowest BCUT2D eigenvalue weighted by atomic mass is 10.2. The minimum atomic E-state index is -0.548. The molecule has 0 unspecified atom stereocenters. The van der Waals surface area contributed by atoms with E-state index in [9.17, 15) is 4.39 Å². The summed E-state index contributed by atoms with van der Waals surface area (Å²) in [4.78, 5) is 10.4. The number of aromatic amines is 1. The molecule has 0 spiro atoms. The van der Waals surface area contributed by atoms with Gasteiger partial charge in [-0.05, 0) is 35.9 Å². The molecule has 0 amide bonds. The van der Waals surface area contributed by atoms with Crippen LogP contribution in [-0.4, -0.2) is 15.0 Å². The highest BCUT2D eigenvalue weighted by Crippen LogP contribution is 2.22. The molecule has 0 aliphatic carbocycles. The average molecular weight is 263 g/mol. The third-order valence-corrected chi connectivity index (χ3v) is 2.71. The van der Waals surface area contributed by atoms with Crippen LogP contribution < -0.4 is 5.32 Å². The molecule has 0 saturated heterocycles. The molecule has 2 heterocycles. The smallest absolute Gasteiger partial charge is 0.224 e. The van der Waals surface area contributed by atoms with Crippen molar-refractivity contribution in [3.63, 3.8) is 0 Å². The molecule has 90 valence electrons. The molecule has 4 nitrogen and oxygen atoms in total. The topological polar surface area (TPSA) is 53.6 Å². The monoisotopic (exact) mass is 262 g/mol. The number of rotatable bonds is 2. The zero-order chi connectivity index (χ0) is 12.5. The van der Waals surface area contributed by atoms with E-state index in [0.29, 0.717) is 0 Å². The fraction of sp³-hybridized carbons (Fsp3) is 0. The highest BCUT2D eigenvalue weighted by Gasteiger charge is 2.06. The number of nitrogens with one attached hydrogen (secondary N) is 2. The predicted molar refractivity (Wildman–Crippen MR) is 68.6 cm³/mol. The summed E-state index contributed by atoms with van der Waals surface area (Å²) in [5.41, 5.74) is 1.75. The van der Waals surface area contributed by atoms with Crippen molar-refractivity contribution in [1.82, 2.24) is 15.0 Å². The summed E-state index contributed by atoms with van der Waals surface area (Å²) in [7, 11) is 0. The fourth-order valence-electron chi connectivity index (χ4n) is 1.70. The Morgan fingerprint density at radius 2 is 2.17 bits per heavy atom. The van der Waals surface area contributed by atoms with Gasteiger partial charge in [0.15, 0.2) is 11.6 Å². The van der Waals surface area contributed by atoms with Crippen LogP contribution in [0.15, 0.2) is 36.7 Å². The molecule has 0 atom stereocenters. The first kappa shape index (κ1) is 11.0. The molecule has 0 radical (unpaired) electrons. The average Bonchev–Trinajstić information content (AvgIpc) is 2.81. The van der Waals surface area contributed by atoms with E-state index >= 15 is 0 Å². The van der Waals surface area contributed by atoms with Crippen LogP contribution in [0.2, 0.25) is 5.28 Å². The van der Waals surface area contributed by atoms with E-state index in [4.69, 9.17) is 11.6 Å². The van der Waals surface area contributed by atoms with Gasteiger partial charge in [0, 0.05) is 22.8 Å². The van der Waals surface area contributed by atoms with Gasteiger partial charge >= 0.3 is 0 Å². The van der Waals surface area contributed by atoms with E-state index < -0.39 is 5.82 Å². The van der Waals surface area contributed by atoms with Crippen LogP contribution in [-0.2, 0) is 0 Å². The maximum absolute atomic E-state index is 13.5. The van der Waals surface area contributed by atoms with Gasteiger partial charge in [0.25, 0.3) is 0 Å². The summed E-state index contributed by atoms with van der Waals surface area (Å²) < 4.78 is 13.5. The number of H-pyrrole nitrogens is 1. The van der Waals surface area contributed by atoms with Crippen molar-refractivity contribution in [3.05, 3.63) is 47.8 Å². The molecular formula is C12H8ClFN4. The minimum absolute atomic E-state index is 0.00150. The van der Waals surface area contributed by atoms with Crippen LogP contribution in [0.5, 0.6) is 0 Å². The van der Waals surface area contributed by atoms with Crippen molar-refractivity contribution < 1.29 is 4.39 Å². The Balaban J connectivity index is 1.97. The molecule has 2 N–H and O–H groups in total. The molecule has 0 aliphatic heterocycles. The van der Waals surface area contributed by atoms with Gasteiger partial charge in [0.05, 0.1) is 6.20 Å². The highest BCUT2D eigenvalue weighted by atomic mass is 35.5. The van der Waals surface area contributed by atoms with Crippen molar-refractivity contribution in [2.24, 2.45) is 0 Å². The van der Waals surface area contributed by atoms with Gasteiger partial charge in [-0.2, -0.15) is 4.98 Å². The SMILES string of the molecule is Fc1cnc(Cl)nc1Nc1ccc2[nH]ccc2c1. The first-order chi connectivity index (χ1) is 8.72. The minimum Gasteiger partial charge on any atom is -0.361 e. The summed E-state index contributed by atoms with van der Waals surface area (Å²) in [5, 5.41) is 3.90. The van der Waals surface area contributed by atoms with Crippen LogP contribution in [0.1, 0.15) is 0 Å². The lowest BCUT2D eigenvalue weighted by Gasteiger charge is -2.06. The Kier molecular flexibility index (Phi) is 2.60. The Morgan fingerprint density at radius 3 is 3.06 bits per heavy atom. The lowest BCUT2D eigenvalue weighted by Crippen LogP contribution is -1.98. The molecule has 1 aromatic carbocycles. The summed E-state index contributed by atoms with van der Waals surface area (Å²) in [6.07, 6.45) is 2.88. The predicted octanol–water partition coefficient (Wildman–Crippen LogP) is 3.49. The maximum atomic E-state index is 13.5. The normalized spacial score (nSPS) is 10.8. The Labute approximate surface area is 107 Å². The fourth-order valence-corrected chi connectivity index (χ4v) is 1.83. The third-order valence-electron chi connectivity index (χ3n) is 2.53. The van der Waals surface area contributed by atoms with Crippen LogP contribution in [0.3, 0.4) is 0 Å². The largest absolute Gasteiger partial charge is 0.361 e. The molecule has 3 aromatic rings. The molecule has 0 aliphatic rings. The van der Waals surface area contributed by atoms with E-state index in [0.717, 1.165) is 22.8 Å². The van der Waals surface area contributed by atoms with E-state index in [1.165, 1.54) is 0 Å². The van der Waals surface area contributed by atoms with Crippen molar-refractivity contribution in [1.29, 1.82) is 0 Å². The molecule has 2 aromatic heterocycles. The third kappa shape index (κ3) is 2.00. The van der Waals surface area contributed by atoms with E-state index in [2.05, 4.69) is 20.3 Å². The molecular weight excluding hydrogens is 255 g/mol. The van der Waals surface area contributed by atoms with Crippen LogP contribution in [0.4, 0.5) is 15.9 Å². The highest BCUT2D eigenvalue weighted by molar-refractivity contribution is 6.28. The number of hydrogen-bond donors (Lipinski definition) is 2. The van der Waals surface area contributed by atoms with Gasteiger partial charge < -0.3 is 10.3 Å². The van der Waals surface area contributed by atoms with Crippen molar-refractivity contribution >= 4 is 34.0 Å².